The van der Waals surface area contributed by atoms with Crippen molar-refractivity contribution in [2.75, 3.05) is 26.2 Å². The predicted molar refractivity (Wildman–Crippen MR) is 120 cm³/mol. The number of aliphatic imine (C=N–C) groups is 1. The molecule has 0 aromatic heterocycles. The summed E-state index contributed by atoms with van der Waals surface area (Å²) in [6.07, 6.45) is 0.740. The summed E-state index contributed by atoms with van der Waals surface area (Å²) >= 11 is 0. The molecular formula is C23H32N4O3. The molecule has 0 aliphatic rings. The summed E-state index contributed by atoms with van der Waals surface area (Å²) in [4.78, 5) is 16.7. The average molecular weight is 413 g/mol. The highest BCUT2D eigenvalue weighted by Crippen LogP contribution is 2.21. The molecule has 0 saturated carbocycles. The summed E-state index contributed by atoms with van der Waals surface area (Å²) in [5, 5.41) is 18.8. The van der Waals surface area contributed by atoms with Crippen molar-refractivity contribution < 1.29 is 14.6 Å². The molecule has 0 aliphatic carbocycles. The number of aryl methyl sites for hydroxylation is 1. The average Bonchev–Trinajstić information content (AvgIpc) is 2.72. The van der Waals surface area contributed by atoms with Gasteiger partial charge in [0.2, 0.25) is 0 Å². The maximum absolute atomic E-state index is 12.1. The van der Waals surface area contributed by atoms with Crippen LogP contribution in [-0.2, 0) is 6.54 Å². The van der Waals surface area contributed by atoms with Crippen molar-refractivity contribution in [2.24, 2.45) is 4.99 Å². The van der Waals surface area contributed by atoms with Gasteiger partial charge in [-0.2, -0.15) is 0 Å². The lowest BCUT2D eigenvalue weighted by molar-refractivity contribution is 0.0953. The van der Waals surface area contributed by atoms with Gasteiger partial charge in [0.05, 0.1) is 13.2 Å². The zero-order valence-corrected chi connectivity index (χ0v) is 18.0. The Labute approximate surface area is 178 Å². The third kappa shape index (κ3) is 7.66. The smallest absolute Gasteiger partial charge is 0.251 e. The van der Waals surface area contributed by atoms with E-state index >= 15 is 0 Å². The Hall–Kier alpha value is -3.22. The first kappa shape index (κ1) is 23.1. The molecule has 7 heteroatoms. The van der Waals surface area contributed by atoms with Gasteiger partial charge in [-0.25, -0.2) is 4.99 Å². The lowest BCUT2D eigenvalue weighted by atomic mass is 10.1. The summed E-state index contributed by atoms with van der Waals surface area (Å²) in [6.45, 7) is 9.11. The van der Waals surface area contributed by atoms with Gasteiger partial charge in [-0.1, -0.05) is 18.2 Å². The van der Waals surface area contributed by atoms with Gasteiger partial charge in [0.15, 0.2) is 5.96 Å². The number of ether oxygens (including phenoxy) is 1. The van der Waals surface area contributed by atoms with E-state index in [9.17, 15) is 9.90 Å². The molecule has 0 bridgehead atoms. The van der Waals surface area contributed by atoms with Crippen LogP contribution in [-0.4, -0.2) is 43.2 Å². The highest BCUT2D eigenvalue weighted by atomic mass is 16.5. The van der Waals surface area contributed by atoms with E-state index in [2.05, 4.69) is 27.0 Å². The van der Waals surface area contributed by atoms with Crippen LogP contribution in [0.1, 0.15) is 41.8 Å². The molecule has 2 aromatic rings. The Morgan fingerprint density at radius 3 is 2.60 bits per heavy atom. The zero-order chi connectivity index (χ0) is 21.8. The van der Waals surface area contributed by atoms with Crippen LogP contribution in [0.15, 0.2) is 47.5 Å². The van der Waals surface area contributed by atoms with Crippen LogP contribution in [0.5, 0.6) is 11.5 Å². The maximum Gasteiger partial charge on any atom is 0.251 e. The fourth-order valence-corrected chi connectivity index (χ4v) is 2.83. The molecule has 162 valence electrons. The van der Waals surface area contributed by atoms with Gasteiger partial charge in [0.1, 0.15) is 11.5 Å². The van der Waals surface area contributed by atoms with Crippen LogP contribution in [0.25, 0.3) is 0 Å². The predicted octanol–water partition coefficient (Wildman–Crippen LogP) is 2.97. The van der Waals surface area contributed by atoms with Crippen molar-refractivity contribution in [1.29, 1.82) is 0 Å². The first-order chi connectivity index (χ1) is 14.5. The van der Waals surface area contributed by atoms with Gasteiger partial charge in [-0.05, 0) is 57.0 Å². The molecule has 30 heavy (non-hydrogen) atoms. The number of carbonyl (C=O) groups is 1. The molecule has 0 saturated heterocycles. The molecule has 7 nitrogen and oxygen atoms in total. The summed E-state index contributed by atoms with van der Waals surface area (Å²) < 4.78 is 5.72. The van der Waals surface area contributed by atoms with Crippen molar-refractivity contribution in [3.63, 3.8) is 0 Å². The molecular weight excluding hydrogens is 380 g/mol. The number of nitrogens with one attached hydrogen (secondary N) is 3. The number of aromatic hydroxyl groups is 1. The number of carbonyl (C=O) groups excluding carboxylic acids is 1. The van der Waals surface area contributed by atoms with Gasteiger partial charge < -0.3 is 25.8 Å². The number of hydrogen-bond acceptors (Lipinski definition) is 4. The summed E-state index contributed by atoms with van der Waals surface area (Å²) in [5.74, 6) is 1.47. The number of rotatable bonds is 10. The Balaban J connectivity index is 1.82. The normalized spacial score (nSPS) is 11.1. The highest BCUT2D eigenvalue weighted by Gasteiger charge is 2.06. The molecule has 0 radical (unpaired) electrons. The number of amides is 1. The topological polar surface area (TPSA) is 95.0 Å². The first-order valence-corrected chi connectivity index (χ1v) is 10.3. The van der Waals surface area contributed by atoms with Gasteiger partial charge in [-0.15, -0.1) is 0 Å². The Kier molecular flexibility index (Phi) is 9.51. The van der Waals surface area contributed by atoms with Gasteiger partial charge in [0.25, 0.3) is 5.91 Å². The fourth-order valence-electron chi connectivity index (χ4n) is 2.83. The van der Waals surface area contributed by atoms with Crippen LogP contribution < -0.4 is 20.7 Å². The summed E-state index contributed by atoms with van der Waals surface area (Å²) in [5.41, 5.74) is 2.64. The Morgan fingerprint density at radius 1 is 1.07 bits per heavy atom. The number of phenols is 1. The fraction of sp³-hybridized carbons (Fsp3) is 0.391. The minimum absolute atomic E-state index is 0.0804. The molecule has 2 aromatic carbocycles. The van der Waals surface area contributed by atoms with Crippen molar-refractivity contribution in [2.45, 2.75) is 33.7 Å². The molecule has 0 heterocycles. The standard InChI is InChI=1S/C23H32N4O3/c1-4-24-23(27-16-19-11-10-17(3)14-21(19)30-5-2)26-13-7-12-25-22(29)18-8-6-9-20(28)15-18/h6,8-11,14-15,28H,4-5,7,12-13,16H2,1-3H3,(H,25,29)(H2,24,26,27). The summed E-state index contributed by atoms with van der Waals surface area (Å²) in [7, 11) is 0. The van der Waals surface area contributed by atoms with E-state index in [1.165, 1.54) is 12.1 Å². The molecule has 0 unspecified atom stereocenters. The van der Waals surface area contributed by atoms with Gasteiger partial charge >= 0.3 is 0 Å². The van der Waals surface area contributed by atoms with Gasteiger partial charge in [0, 0.05) is 30.8 Å². The van der Waals surface area contributed by atoms with E-state index in [1.807, 2.05) is 32.9 Å². The van der Waals surface area contributed by atoms with E-state index in [-0.39, 0.29) is 11.7 Å². The molecule has 0 spiro atoms. The molecule has 0 atom stereocenters. The van der Waals surface area contributed by atoms with E-state index in [1.54, 1.807) is 12.1 Å². The minimum atomic E-state index is -0.200. The molecule has 4 N–H and O–H groups in total. The third-order valence-electron chi connectivity index (χ3n) is 4.31. The van der Waals surface area contributed by atoms with Crippen LogP contribution in [0, 0.1) is 6.92 Å². The molecule has 1 amide bonds. The number of guanidine groups is 1. The quantitative estimate of drug-likeness (QED) is 0.273. The first-order valence-electron chi connectivity index (χ1n) is 10.3. The monoisotopic (exact) mass is 412 g/mol. The number of nitrogens with zero attached hydrogens (tertiary/aromatic N) is 1. The van der Waals surface area contributed by atoms with Crippen molar-refractivity contribution in [1.82, 2.24) is 16.0 Å². The summed E-state index contributed by atoms with van der Waals surface area (Å²) in [6, 6.07) is 12.4. The van der Waals surface area contributed by atoms with Crippen LogP contribution >= 0.6 is 0 Å². The largest absolute Gasteiger partial charge is 0.508 e. The Morgan fingerprint density at radius 2 is 1.87 bits per heavy atom. The van der Waals surface area contributed by atoms with Crippen LogP contribution in [0.3, 0.4) is 0 Å². The van der Waals surface area contributed by atoms with E-state index in [0.717, 1.165) is 35.8 Å². The maximum atomic E-state index is 12.1. The zero-order valence-electron chi connectivity index (χ0n) is 18.0. The SMILES string of the molecule is CCNC(=NCc1ccc(C)cc1OCC)NCCCNC(=O)c1cccc(O)c1. The van der Waals surface area contributed by atoms with Crippen molar-refractivity contribution >= 4 is 11.9 Å². The molecule has 0 aliphatic heterocycles. The number of benzene rings is 2. The van der Waals surface area contributed by atoms with Gasteiger partial charge in [-0.3, -0.25) is 4.79 Å². The second-order valence-corrected chi connectivity index (χ2v) is 6.83. The van der Waals surface area contributed by atoms with E-state index in [0.29, 0.717) is 31.8 Å². The molecule has 2 rings (SSSR count). The number of hydrogen-bond donors (Lipinski definition) is 4. The second-order valence-electron chi connectivity index (χ2n) is 6.83. The molecule has 0 fully saturated rings. The van der Waals surface area contributed by atoms with Crippen molar-refractivity contribution in [3.05, 3.63) is 59.2 Å². The van der Waals surface area contributed by atoms with Crippen molar-refractivity contribution in [3.8, 4) is 11.5 Å². The Bertz CT molecular complexity index is 852. The van der Waals surface area contributed by atoms with E-state index in [4.69, 9.17) is 4.74 Å². The van der Waals surface area contributed by atoms with E-state index < -0.39 is 0 Å². The lowest BCUT2D eigenvalue weighted by Gasteiger charge is -2.13. The second kappa shape index (κ2) is 12.4. The van der Waals surface area contributed by atoms with Crippen LogP contribution in [0.4, 0.5) is 0 Å². The third-order valence-corrected chi connectivity index (χ3v) is 4.31. The lowest BCUT2D eigenvalue weighted by Crippen LogP contribution is -2.38. The highest BCUT2D eigenvalue weighted by molar-refractivity contribution is 5.94. The number of phenolic OH excluding ortho intramolecular Hbond substituents is 1. The van der Waals surface area contributed by atoms with Crippen LogP contribution in [0.2, 0.25) is 0 Å². The minimum Gasteiger partial charge on any atom is -0.508 e.